The molecule has 0 amide bonds. The van der Waals surface area contributed by atoms with Crippen LogP contribution in [0, 0.1) is 0 Å². The average molecular weight is 373 g/mol. The molecule has 1 aliphatic rings. The van der Waals surface area contributed by atoms with E-state index in [-0.39, 0.29) is 5.69 Å². The van der Waals surface area contributed by atoms with Crippen LogP contribution in [0.4, 0.5) is 13.2 Å². The number of nitrogens with zero attached hydrogens (tertiary/aromatic N) is 2. The summed E-state index contributed by atoms with van der Waals surface area (Å²) >= 11 is 0. The molecular weight excluding hydrogens is 355 g/mol. The highest BCUT2D eigenvalue weighted by Gasteiger charge is 2.35. The van der Waals surface area contributed by atoms with Gasteiger partial charge >= 0.3 is 6.18 Å². The fourth-order valence-corrected chi connectivity index (χ4v) is 3.50. The van der Waals surface area contributed by atoms with E-state index in [0.717, 1.165) is 22.9 Å². The topological polar surface area (TPSA) is 39.1 Å². The highest BCUT2D eigenvalue weighted by atomic mass is 19.4. The van der Waals surface area contributed by atoms with Gasteiger partial charge < -0.3 is 10.1 Å². The summed E-state index contributed by atoms with van der Waals surface area (Å²) in [5.74, 6) is 0.639. The number of benzene rings is 2. The van der Waals surface area contributed by atoms with Crippen LogP contribution in [-0.4, -0.2) is 23.4 Å². The number of methoxy groups -OCH3 is 1. The molecule has 2 heterocycles. The Morgan fingerprint density at radius 2 is 1.81 bits per heavy atom. The lowest BCUT2D eigenvalue weighted by Gasteiger charge is -2.18. The number of alkyl halides is 3. The zero-order valence-corrected chi connectivity index (χ0v) is 14.7. The van der Waals surface area contributed by atoms with Crippen molar-refractivity contribution in [1.29, 1.82) is 0 Å². The molecule has 0 radical (unpaired) electrons. The number of ether oxygens (including phenoxy) is 1. The van der Waals surface area contributed by atoms with Gasteiger partial charge in [0.25, 0.3) is 0 Å². The van der Waals surface area contributed by atoms with E-state index >= 15 is 0 Å². The van der Waals surface area contributed by atoms with Gasteiger partial charge in [0.2, 0.25) is 0 Å². The van der Waals surface area contributed by atoms with Gasteiger partial charge in [-0.2, -0.15) is 18.3 Å². The van der Waals surface area contributed by atoms with Crippen LogP contribution in [0.5, 0.6) is 5.75 Å². The number of fused-ring (bicyclic) bond motifs is 1. The highest BCUT2D eigenvalue weighted by molar-refractivity contribution is 5.71. The van der Waals surface area contributed by atoms with E-state index < -0.39 is 11.7 Å². The van der Waals surface area contributed by atoms with E-state index in [4.69, 9.17) is 4.74 Å². The third-order valence-electron chi connectivity index (χ3n) is 4.73. The first-order valence-corrected chi connectivity index (χ1v) is 8.62. The molecule has 1 N–H and O–H groups in total. The third-order valence-corrected chi connectivity index (χ3v) is 4.73. The molecule has 0 fully saturated rings. The SMILES string of the molecule is COc1ccccc1-c1nn(-c2ccccc2C(F)(F)F)c2c1CNCC2. The number of hydrogen-bond acceptors (Lipinski definition) is 3. The fraction of sp³-hybridized carbons (Fsp3) is 0.250. The van der Waals surface area contributed by atoms with Crippen molar-refractivity contribution >= 4 is 0 Å². The summed E-state index contributed by atoms with van der Waals surface area (Å²) in [5, 5.41) is 7.89. The van der Waals surface area contributed by atoms with Crippen LogP contribution >= 0.6 is 0 Å². The summed E-state index contributed by atoms with van der Waals surface area (Å²) in [6.45, 7) is 1.25. The molecule has 0 saturated carbocycles. The first-order valence-electron chi connectivity index (χ1n) is 8.62. The van der Waals surface area contributed by atoms with Crippen LogP contribution < -0.4 is 10.1 Å². The van der Waals surface area contributed by atoms with Gasteiger partial charge in [-0.05, 0) is 24.3 Å². The Balaban J connectivity index is 1.96. The molecule has 0 bridgehead atoms. The Bertz CT molecular complexity index is 979. The maximum absolute atomic E-state index is 13.5. The van der Waals surface area contributed by atoms with Gasteiger partial charge in [0.05, 0.1) is 24.1 Å². The Morgan fingerprint density at radius 3 is 2.59 bits per heavy atom. The molecule has 140 valence electrons. The summed E-state index contributed by atoms with van der Waals surface area (Å²) < 4.78 is 47.5. The van der Waals surface area contributed by atoms with Crippen LogP contribution in [0.3, 0.4) is 0 Å². The first-order chi connectivity index (χ1) is 13.0. The van der Waals surface area contributed by atoms with Crippen molar-refractivity contribution in [1.82, 2.24) is 15.1 Å². The normalized spacial score (nSPS) is 14.1. The Labute approximate surface area is 154 Å². The number of para-hydroxylation sites is 2. The zero-order chi connectivity index (χ0) is 19.0. The molecule has 4 nitrogen and oxygen atoms in total. The molecular formula is C20H18F3N3O. The van der Waals surface area contributed by atoms with E-state index in [1.807, 2.05) is 24.3 Å². The van der Waals surface area contributed by atoms with E-state index in [1.54, 1.807) is 13.2 Å². The molecule has 27 heavy (non-hydrogen) atoms. The van der Waals surface area contributed by atoms with E-state index in [9.17, 15) is 13.2 Å². The van der Waals surface area contributed by atoms with Crippen LogP contribution in [0.25, 0.3) is 16.9 Å². The second kappa shape index (κ2) is 6.74. The number of nitrogens with one attached hydrogen (secondary N) is 1. The molecule has 4 rings (SSSR count). The molecule has 0 spiro atoms. The maximum Gasteiger partial charge on any atom is 0.418 e. The summed E-state index contributed by atoms with van der Waals surface area (Å²) in [6, 6.07) is 13.0. The lowest BCUT2D eigenvalue weighted by atomic mass is 10.0. The monoisotopic (exact) mass is 373 g/mol. The van der Waals surface area contributed by atoms with Gasteiger partial charge in [0.15, 0.2) is 0 Å². The third kappa shape index (κ3) is 3.08. The van der Waals surface area contributed by atoms with Gasteiger partial charge in [0, 0.05) is 30.6 Å². The van der Waals surface area contributed by atoms with Crippen molar-refractivity contribution in [3.8, 4) is 22.7 Å². The second-order valence-corrected chi connectivity index (χ2v) is 6.33. The fourth-order valence-electron chi connectivity index (χ4n) is 3.50. The predicted molar refractivity (Wildman–Crippen MR) is 96.0 cm³/mol. The largest absolute Gasteiger partial charge is 0.496 e. The predicted octanol–water partition coefficient (Wildman–Crippen LogP) is 4.21. The molecule has 2 aromatic carbocycles. The molecule has 0 aliphatic carbocycles. The number of hydrogen-bond donors (Lipinski definition) is 1. The highest BCUT2D eigenvalue weighted by Crippen LogP contribution is 2.38. The van der Waals surface area contributed by atoms with Crippen molar-refractivity contribution < 1.29 is 17.9 Å². The van der Waals surface area contributed by atoms with Gasteiger partial charge in [-0.15, -0.1) is 0 Å². The number of halogens is 3. The molecule has 1 aromatic heterocycles. The second-order valence-electron chi connectivity index (χ2n) is 6.33. The minimum atomic E-state index is -4.45. The average Bonchev–Trinajstić information content (AvgIpc) is 3.07. The number of rotatable bonds is 3. The standard InChI is InChI=1S/C20H18F3N3O/c1-27-18-9-5-2-6-13(18)19-14-12-24-11-10-16(14)26(25-19)17-8-4-3-7-15(17)20(21,22)23/h2-9,24H,10-12H2,1H3. The quantitative estimate of drug-likeness (QED) is 0.748. The van der Waals surface area contributed by atoms with Gasteiger partial charge in [-0.25, -0.2) is 4.68 Å². The van der Waals surface area contributed by atoms with Crippen LogP contribution in [0.1, 0.15) is 16.8 Å². The minimum Gasteiger partial charge on any atom is -0.496 e. The summed E-state index contributed by atoms with van der Waals surface area (Å²) in [4.78, 5) is 0. The molecule has 0 atom stereocenters. The Kier molecular flexibility index (Phi) is 4.39. The van der Waals surface area contributed by atoms with Crippen molar-refractivity contribution in [2.75, 3.05) is 13.7 Å². The van der Waals surface area contributed by atoms with Crippen LogP contribution in [-0.2, 0) is 19.1 Å². The van der Waals surface area contributed by atoms with Crippen molar-refractivity contribution in [3.63, 3.8) is 0 Å². The Hall–Kier alpha value is -2.80. The smallest absolute Gasteiger partial charge is 0.418 e. The Morgan fingerprint density at radius 1 is 1.07 bits per heavy atom. The van der Waals surface area contributed by atoms with E-state index in [2.05, 4.69) is 10.4 Å². The van der Waals surface area contributed by atoms with E-state index in [0.29, 0.717) is 31.0 Å². The molecule has 0 unspecified atom stereocenters. The van der Waals surface area contributed by atoms with Crippen molar-refractivity contribution in [3.05, 3.63) is 65.4 Å². The number of aromatic nitrogens is 2. The van der Waals surface area contributed by atoms with E-state index in [1.165, 1.54) is 16.8 Å². The molecule has 3 aromatic rings. The van der Waals surface area contributed by atoms with Crippen molar-refractivity contribution in [2.24, 2.45) is 0 Å². The van der Waals surface area contributed by atoms with Crippen LogP contribution in [0.15, 0.2) is 48.5 Å². The lowest BCUT2D eigenvalue weighted by Crippen LogP contribution is -2.25. The van der Waals surface area contributed by atoms with Gasteiger partial charge in [-0.3, -0.25) is 0 Å². The summed E-state index contributed by atoms with van der Waals surface area (Å²) in [6.07, 6.45) is -3.85. The maximum atomic E-state index is 13.5. The molecule has 0 saturated heterocycles. The van der Waals surface area contributed by atoms with Crippen molar-refractivity contribution in [2.45, 2.75) is 19.1 Å². The summed E-state index contributed by atoms with van der Waals surface area (Å²) in [7, 11) is 1.57. The van der Waals surface area contributed by atoms with Gasteiger partial charge in [-0.1, -0.05) is 24.3 Å². The molecule has 7 heteroatoms. The minimum absolute atomic E-state index is 0.0456. The summed E-state index contributed by atoms with van der Waals surface area (Å²) in [5.41, 5.74) is 2.47. The van der Waals surface area contributed by atoms with Gasteiger partial charge in [0.1, 0.15) is 11.4 Å². The van der Waals surface area contributed by atoms with Crippen LogP contribution in [0.2, 0.25) is 0 Å². The lowest BCUT2D eigenvalue weighted by molar-refractivity contribution is -0.137. The zero-order valence-electron chi connectivity index (χ0n) is 14.7. The first kappa shape index (κ1) is 17.6. The molecule has 1 aliphatic heterocycles.